The maximum atomic E-state index is 13.3. The van der Waals surface area contributed by atoms with Crippen molar-refractivity contribution in [1.29, 1.82) is 0 Å². The van der Waals surface area contributed by atoms with Gasteiger partial charge in [-0.2, -0.15) is 0 Å². The minimum Gasteiger partial charge on any atom is -0.495 e. The van der Waals surface area contributed by atoms with Crippen LogP contribution in [0.2, 0.25) is 5.02 Å². The van der Waals surface area contributed by atoms with Crippen LogP contribution in [0.3, 0.4) is 0 Å². The first-order valence-corrected chi connectivity index (χ1v) is 11.2. The summed E-state index contributed by atoms with van der Waals surface area (Å²) in [7, 11) is 1.56. The molecule has 0 saturated heterocycles. The van der Waals surface area contributed by atoms with Gasteiger partial charge in [-0.3, -0.25) is 4.79 Å². The average molecular weight is 443 g/mol. The number of carbonyl (C=O) groups is 1. The van der Waals surface area contributed by atoms with Crippen molar-refractivity contribution >= 4 is 35.0 Å². The zero-order chi connectivity index (χ0) is 21.1. The molecular weight excluding hydrogens is 420 g/mol. The molecular formula is C22H23ClN4O2S. The number of carbonyl (C=O) groups excluding carboxylic acids is 1. The van der Waals surface area contributed by atoms with Crippen LogP contribution >= 0.6 is 23.4 Å². The summed E-state index contributed by atoms with van der Waals surface area (Å²) in [5.74, 6) is 1.93. The second-order valence-corrected chi connectivity index (χ2v) is 8.59. The topological polar surface area (TPSA) is 69.0 Å². The van der Waals surface area contributed by atoms with E-state index in [1.807, 2.05) is 30.3 Å². The Balaban J connectivity index is 1.60. The third-order valence-electron chi connectivity index (χ3n) is 4.99. The molecule has 6 nitrogen and oxygen atoms in total. The Morgan fingerprint density at radius 1 is 1.27 bits per heavy atom. The van der Waals surface area contributed by atoms with E-state index in [0.717, 1.165) is 35.9 Å². The molecule has 1 N–H and O–H groups in total. The summed E-state index contributed by atoms with van der Waals surface area (Å²) in [5, 5.41) is 12.5. The van der Waals surface area contributed by atoms with Crippen LogP contribution in [-0.2, 0) is 11.3 Å². The highest BCUT2D eigenvalue weighted by Crippen LogP contribution is 2.42. The number of aromatic nitrogens is 3. The van der Waals surface area contributed by atoms with Gasteiger partial charge in [-0.25, -0.2) is 0 Å². The number of benzene rings is 2. The van der Waals surface area contributed by atoms with Crippen molar-refractivity contribution in [2.24, 2.45) is 0 Å². The van der Waals surface area contributed by atoms with E-state index in [1.54, 1.807) is 25.3 Å². The molecule has 2 aromatic carbocycles. The number of methoxy groups -OCH3 is 1. The van der Waals surface area contributed by atoms with Gasteiger partial charge >= 0.3 is 0 Å². The summed E-state index contributed by atoms with van der Waals surface area (Å²) in [5.41, 5.74) is 1.51. The molecule has 0 radical (unpaired) electrons. The minimum atomic E-state index is -0.478. The lowest BCUT2D eigenvalue weighted by Gasteiger charge is -2.17. The zero-order valence-corrected chi connectivity index (χ0v) is 18.4. The number of ether oxygens (including phenoxy) is 1. The molecule has 8 heteroatoms. The Morgan fingerprint density at radius 2 is 2.03 bits per heavy atom. The van der Waals surface area contributed by atoms with E-state index in [-0.39, 0.29) is 5.91 Å². The van der Waals surface area contributed by atoms with Crippen molar-refractivity contribution in [3.63, 3.8) is 0 Å². The predicted molar refractivity (Wildman–Crippen MR) is 119 cm³/mol. The molecule has 30 heavy (non-hydrogen) atoms. The summed E-state index contributed by atoms with van der Waals surface area (Å²) < 4.78 is 7.31. The van der Waals surface area contributed by atoms with E-state index in [9.17, 15) is 4.79 Å². The van der Waals surface area contributed by atoms with Crippen molar-refractivity contribution in [2.45, 2.75) is 42.6 Å². The molecule has 1 fully saturated rings. The molecule has 1 aromatic heterocycles. The second kappa shape index (κ2) is 9.10. The minimum absolute atomic E-state index is 0.147. The van der Waals surface area contributed by atoms with Gasteiger partial charge in [0.2, 0.25) is 5.91 Å². The smallest absolute Gasteiger partial charge is 0.242 e. The second-order valence-electron chi connectivity index (χ2n) is 7.11. The summed E-state index contributed by atoms with van der Waals surface area (Å²) in [4.78, 5) is 13.3. The molecule has 1 heterocycles. The van der Waals surface area contributed by atoms with Crippen LogP contribution in [0.4, 0.5) is 5.69 Å². The Hall–Kier alpha value is -2.51. The molecule has 1 amide bonds. The summed E-state index contributed by atoms with van der Waals surface area (Å²) >= 11 is 7.63. The van der Waals surface area contributed by atoms with Crippen LogP contribution < -0.4 is 10.1 Å². The predicted octanol–water partition coefficient (Wildman–Crippen LogP) is 5.31. The van der Waals surface area contributed by atoms with Crippen LogP contribution in [0.5, 0.6) is 5.75 Å². The van der Waals surface area contributed by atoms with Crippen molar-refractivity contribution in [1.82, 2.24) is 14.8 Å². The maximum absolute atomic E-state index is 13.3. The third-order valence-corrected chi connectivity index (χ3v) is 6.52. The van der Waals surface area contributed by atoms with Crippen LogP contribution in [0.15, 0.2) is 53.7 Å². The van der Waals surface area contributed by atoms with E-state index in [4.69, 9.17) is 16.3 Å². The monoisotopic (exact) mass is 442 g/mol. The SMILES string of the molecule is CCn1c(S[C@H](C(=O)Nc2ccc(OC)c(Cl)c2)c2ccccc2)nnc1C1CC1. The lowest BCUT2D eigenvalue weighted by Crippen LogP contribution is -2.19. The van der Waals surface area contributed by atoms with E-state index < -0.39 is 5.25 Å². The van der Waals surface area contributed by atoms with Crippen LogP contribution in [-0.4, -0.2) is 27.8 Å². The van der Waals surface area contributed by atoms with Crippen molar-refractivity contribution in [2.75, 3.05) is 12.4 Å². The highest BCUT2D eigenvalue weighted by Gasteiger charge is 2.32. The molecule has 1 saturated carbocycles. The van der Waals surface area contributed by atoms with Gasteiger partial charge in [-0.1, -0.05) is 53.7 Å². The van der Waals surface area contributed by atoms with Crippen LogP contribution in [0.1, 0.15) is 42.3 Å². The lowest BCUT2D eigenvalue weighted by molar-refractivity contribution is -0.115. The first-order chi connectivity index (χ1) is 14.6. The Bertz CT molecular complexity index is 1040. The number of nitrogens with zero attached hydrogens (tertiary/aromatic N) is 3. The lowest BCUT2D eigenvalue weighted by atomic mass is 10.1. The normalized spacial score (nSPS) is 14.4. The van der Waals surface area contributed by atoms with Gasteiger partial charge in [0.1, 0.15) is 16.8 Å². The molecule has 1 aliphatic carbocycles. The molecule has 4 rings (SSSR count). The molecule has 0 unspecified atom stereocenters. The van der Waals surface area contributed by atoms with E-state index in [1.165, 1.54) is 11.8 Å². The standard InChI is InChI=1S/C22H23ClN4O2S/c1-3-27-20(15-9-10-15)25-26-22(27)30-19(14-7-5-4-6-8-14)21(28)24-16-11-12-18(29-2)17(23)13-16/h4-8,11-13,15,19H,3,9-10H2,1-2H3,(H,24,28)/t19-/m0/s1. The van der Waals surface area contributed by atoms with Gasteiger partial charge in [0.05, 0.1) is 12.1 Å². The van der Waals surface area contributed by atoms with Gasteiger partial charge in [0, 0.05) is 18.2 Å². The Morgan fingerprint density at radius 3 is 2.67 bits per heavy atom. The molecule has 0 bridgehead atoms. The first kappa shape index (κ1) is 20.8. The highest BCUT2D eigenvalue weighted by molar-refractivity contribution is 8.00. The number of halogens is 1. The Kier molecular flexibility index (Phi) is 6.29. The molecule has 3 aromatic rings. The Labute approximate surface area is 185 Å². The molecule has 1 aliphatic rings. The quantitative estimate of drug-likeness (QED) is 0.479. The zero-order valence-electron chi connectivity index (χ0n) is 16.8. The molecule has 0 spiro atoms. The van der Waals surface area contributed by atoms with Crippen molar-refractivity contribution < 1.29 is 9.53 Å². The molecule has 0 aliphatic heterocycles. The van der Waals surface area contributed by atoms with E-state index in [2.05, 4.69) is 27.0 Å². The molecule has 1 atom stereocenters. The number of rotatable bonds is 8. The third kappa shape index (κ3) is 4.47. The summed E-state index contributed by atoms with van der Waals surface area (Å²) in [6.07, 6.45) is 2.31. The number of amides is 1. The molecule has 156 valence electrons. The van der Waals surface area contributed by atoms with Gasteiger partial charge in [0.15, 0.2) is 5.16 Å². The van der Waals surface area contributed by atoms with Gasteiger partial charge < -0.3 is 14.6 Å². The number of hydrogen-bond donors (Lipinski definition) is 1. The fraction of sp³-hybridized carbons (Fsp3) is 0.318. The van der Waals surface area contributed by atoms with E-state index in [0.29, 0.717) is 22.4 Å². The van der Waals surface area contributed by atoms with Gasteiger partial charge in [-0.15, -0.1) is 10.2 Å². The highest BCUT2D eigenvalue weighted by atomic mass is 35.5. The average Bonchev–Trinajstić information content (AvgIpc) is 3.52. The maximum Gasteiger partial charge on any atom is 0.242 e. The van der Waals surface area contributed by atoms with E-state index >= 15 is 0 Å². The first-order valence-electron chi connectivity index (χ1n) is 9.89. The van der Waals surface area contributed by atoms with Crippen molar-refractivity contribution in [3.8, 4) is 5.75 Å². The number of hydrogen-bond acceptors (Lipinski definition) is 5. The van der Waals surface area contributed by atoms with Gasteiger partial charge in [-0.05, 0) is 43.5 Å². The van der Waals surface area contributed by atoms with Crippen LogP contribution in [0.25, 0.3) is 0 Å². The number of thioether (sulfide) groups is 1. The summed E-state index contributed by atoms with van der Waals surface area (Å²) in [6.45, 7) is 2.86. The largest absolute Gasteiger partial charge is 0.495 e. The summed E-state index contributed by atoms with van der Waals surface area (Å²) in [6, 6.07) is 14.9. The van der Waals surface area contributed by atoms with Gasteiger partial charge in [0.25, 0.3) is 0 Å². The fourth-order valence-corrected chi connectivity index (χ4v) is 4.65. The van der Waals surface area contributed by atoms with Crippen molar-refractivity contribution in [3.05, 3.63) is 64.9 Å². The number of anilines is 1. The number of nitrogens with one attached hydrogen (secondary N) is 1. The fourth-order valence-electron chi connectivity index (χ4n) is 3.29. The van der Waals surface area contributed by atoms with Crippen LogP contribution in [0, 0.1) is 0 Å².